The minimum absolute atomic E-state index is 0.0587. The maximum absolute atomic E-state index is 13.1. The van der Waals surface area contributed by atoms with Crippen molar-refractivity contribution >= 4 is 17.6 Å². The van der Waals surface area contributed by atoms with E-state index < -0.39 is 11.5 Å². The summed E-state index contributed by atoms with van der Waals surface area (Å²) < 4.78 is 11.0. The van der Waals surface area contributed by atoms with E-state index in [1.165, 1.54) is 13.4 Å². The number of ketones is 2. The van der Waals surface area contributed by atoms with E-state index in [-0.39, 0.29) is 17.3 Å². The Morgan fingerprint density at radius 1 is 1.28 bits per heavy atom. The number of fused-ring (bicyclic) bond motifs is 4. The maximum Gasteiger partial charge on any atom is 0.229 e. The number of Topliss-reactive ketones (excluding diaryl/α,β-unsaturated/α-hetero) is 1. The standard InChI is InChI=1S/C20H16O5/c1-20-12-5-3-10-11(4-6-13(10)21)15(12)17(22)18-16(20)9(8-25-18)7-14(24-2)19(20)23/h3,5,7-8,19,23H,4,6H2,1-2H3/t19-,20-/m1/s1. The molecule has 1 heterocycles. The summed E-state index contributed by atoms with van der Waals surface area (Å²) in [6, 6.07) is 3.58. The summed E-state index contributed by atoms with van der Waals surface area (Å²) in [7, 11) is 1.51. The molecule has 5 nitrogen and oxygen atoms in total. The molecule has 0 radical (unpaired) electrons. The zero-order valence-corrected chi connectivity index (χ0v) is 13.9. The van der Waals surface area contributed by atoms with Gasteiger partial charge in [0.1, 0.15) is 11.9 Å². The van der Waals surface area contributed by atoms with Crippen LogP contribution in [0.5, 0.6) is 0 Å². The Hall–Kier alpha value is -2.66. The molecule has 1 aromatic carbocycles. The molecule has 0 aliphatic heterocycles. The summed E-state index contributed by atoms with van der Waals surface area (Å²) in [4.78, 5) is 25.2. The molecule has 0 saturated heterocycles. The fourth-order valence-corrected chi connectivity index (χ4v) is 4.63. The molecule has 2 aromatic rings. The molecule has 3 aliphatic rings. The van der Waals surface area contributed by atoms with Crippen molar-refractivity contribution in [2.75, 3.05) is 7.11 Å². The summed E-state index contributed by atoms with van der Waals surface area (Å²) in [5.41, 5.74) is 3.21. The number of hydrogen-bond donors (Lipinski definition) is 1. The molecule has 3 aliphatic carbocycles. The minimum Gasteiger partial charge on any atom is -0.498 e. The van der Waals surface area contributed by atoms with Crippen molar-refractivity contribution in [3.63, 3.8) is 0 Å². The number of carbonyl (C=O) groups is 2. The van der Waals surface area contributed by atoms with Crippen molar-refractivity contribution in [2.24, 2.45) is 0 Å². The van der Waals surface area contributed by atoms with Crippen LogP contribution in [0.1, 0.15) is 62.1 Å². The molecule has 0 fully saturated rings. The SMILES string of the molecule is COC1=Cc2coc3c2[C@@](C)(c2ccc4c(c2C3=O)CCC4=O)[C@@H]1O. The van der Waals surface area contributed by atoms with Gasteiger partial charge in [-0.3, -0.25) is 9.59 Å². The van der Waals surface area contributed by atoms with Crippen LogP contribution in [0.3, 0.4) is 0 Å². The predicted octanol–water partition coefficient (Wildman–Crippen LogP) is 2.62. The van der Waals surface area contributed by atoms with Gasteiger partial charge in [-0.25, -0.2) is 0 Å². The number of rotatable bonds is 1. The zero-order valence-electron chi connectivity index (χ0n) is 13.9. The van der Waals surface area contributed by atoms with E-state index in [0.29, 0.717) is 35.3 Å². The molecule has 0 saturated carbocycles. The molecule has 0 spiro atoms. The summed E-state index contributed by atoms with van der Waals surface area (Å²) in [6.07, 6.45) is 3.26. The van der Waals surface area contributed by atoms with Gasteiger partial charge in [-0.15, -0.1) is 0 Å². The Bertz CT molecular complexity index is 1010. The molecule has 25 heavy (non-hydrogen) atoms. The van der Waals surface area contributed by atoms with Crippen LogP contribution in [0.15, 0.2) is 28.6 Å². The molecule has 0 bridgehead atoms. The third-order valence-corrected chi connectivity index (χ3v) is 5.90. The first-order valence-corrected chi connectivity index (χ1v) is 8.28. The van der Waals surface area contributed by atoms with Crippen molar-refractivity contribution < 1.29 is 23.8 Å². The molecule has 0 unspecified atom stereocenters. The molecular formula is C20H16O5. The fraction of sp³-hybridized carbons (Fsp3) is 0.300. The molecule has 126 valence electrons. The van der Waals surface area contributed by atoms with Gasteiger partial charge in [-0.2, -0.15) is 0 Å². The summed E-state index contributed by atoms with van der Waals surface area (Å²) in [5.74, 6) is 0.535. The smallest absolute Gasteiger partial charge is 0.229 e. The quantitative estimate of drug-likeness (QED) is 0.866. The van der Waals surface area contributed by atoms with Crippen LogP contribution in [0.25, 0.3) is 6.08 Å². The molecule has 2 atom stereocenters. The topological polar surface area (TPSA) is 76.7 Å². The Labute approximate surface area is 143 Å². The monoisotopic (exact) mass is 336 g/mol. The molecular weight excluding hydrogens is 320 g/mol. The normalized spacial score (nSPS) is 26.0. The lowest BCUT2D eigenvalue weighted by atomic mass is 9.62. The third kappa shape index (κ3) is 1.53. The minimum atomic E-state index is -0.941. The number of aliphatic hydroxyl groups excluding tert-OH is 1. The second-order valence-corrected chi connectivity index (χ2v) is 7.02. The first-order valence-electron chi connectivity index (χ1n) is 8.28. The van der Waals surface area contributed by atoms with Gasteiger partial charge in [-0.1, -0.05) is 12.1 Å². The number of aliphatic hydroxyl groups is 1. The highest BCUT2D eigenvalue weighted by Crippen LogP contribution is 2.52. The Morgan fingerprint density at radius 2 is 2.08 bits per heavy atom. The van der Waals surface area contributed by atoms with Crippen LogP contribution in [0.4, 0.5) is 0 Å². The Morgan fingerprint density at radius 3 is 2.84 bits per heavy atom. The lowest BCUT2D eigenvalue weighted by Gasteiger charge is -2.42. The number of hydrogen-bond acceptors (Lipinski definition) is 5. The van der Waals surface area contributed by atoms with Crippen LogP contribution < -0.4 is 0 Å². The van der Waals surface area contributed by atoms with Crippen LogP contribution in [0, 0.1) is 0 Å². The van der Waals surface area contributed by atoms with E-state index in [2.05, 4.69) is 0 Å². The summed E-state index contributed by atoms with van der Waals surface area (Å²) in [5, 5.41) is 11.0. The van der Waals surface area contributed by atoms with Crippen molar-refractivity contribution in [2.45, 2.75) is 31.3 Å². The van der Waals surface area contributed by atoms with Gasteiger partial charge in [0.15, 0.2) is 11.5 Å². The van der Waals surface area contributed by atoms with Gasteiger partial charge >= 0.3 is 0 Å². The van der Waals surface area contributed by atoms with Gasteiger partial charge in [0.2, 0.25) is 5.78 Å². The summed E-state index contributed by atoms with van der Waals surface area (Å²) in [6.45, 7) is 1.90. The van der Waals surface area contributed by atoms with Crippen molar-refractivity contribution in [3.8, 4) is 0 Å². The second kappa shape index (κ2) is 4.49. The van der Waals surface area contributed by atoms with E-state index in [1.54, 1.807) is 18.2 Å². The fourth-order valence-electron chi connectivity index (χ4n) is 4.63. The maximum atomic E-state index is 13.1. The van der Waals surface area contributed by atoms with Crippen LogP contribution >= 0.6 is 0 Å². The first-order chi connectivity index (χ1) is 12.0. The average molecular weight is 336 g/mol. The lowest BCUT2D eigenvalue weighted by Crippen LogP contribution is -2.46. The zero-order chi connectivity index (χ0) is 17.5. The average Bonchev–Trinajstić information content (AvgIpc) is 3.20. The number of ether oxygens (including phenoxy) is 1. The van der Waals surface area contributed by atoms with E-state index in [0.717, 1.165) is 16.7 Å². The highest BCUT2D eigenvalue weighted by atomic mass is 16.5. The molecule has 5 heteroatoms. The van der Waals surface area contributed by atoms with Gasteiger partial charge in [0, 0.05) is 28.7 Å². The molecule has 1 aromatic heterocycles. The molecule has 5 rings (SSSR count). The van der Waals surface area contributed by atoms with Crippen molar-refractivity contribution in [3.05, 3.63) is 63.3 Å². The number of furan rings is 1. The van der Waals surface area contributed by atoms with Crippen LogP contribution in [0.2, 0.25) is 0 Å². The largest absolute Gasteiger partial charge is 0.498 e. The van der Waals surface area contributed by atoms with Gasteiger partial charge in [-0.05, 0) is 30.5 Å². The Kier molecular flexibility index (Phi) is 2.63. The second-order valence-electron chi connectivity index (χ2n) is 7.02. The van der Waals surface area contributed by atoms with Gasteiger partial charge in [0.05, 0.1) is 18.8 Å². The molecule has 0 amide bonds. The van der Waals surface area contributed by atoms with E-state index in [4.69, 9.17) is 9.15 Å². The highest BCUT2D eigenvalue weighted by molar-refractivity contribution is 6.15. The first kappa shape index (κ1) is 14.7. The van der Waals surface area contributed by atoms with Crippen LogP contribution in [-0.2, 0) is 16.6 Å². The number of benzene rings is 1. The van der Waals surface area contributed by atoms with E-state index in [1.807, 2.05) is 6.92 Å². The predicted molar refractivity (Wildman–Crippen MR) is 88.7 cm³/mol. The molecule has 1 N–H and O–H groups in total. The number of carbonyl (C=O) groups excluding carboxylic acids is 2. The lowest BCUT2D eigenvalue weighted by molar-refractivity contribution is 0.0771. The van der Waals surface area contributed by atoms with E-state index in [9.17, 15) is 14.7 Å². The van der Waals surface area contributed by atoms with Gasteiger partial charge < -0.3 is 14.3 Å². The Balaban J connectivity index is 1.89. The third-order valence-electron chi connectivity index (χ3n) is 5.90. The van der Waals surface area contributed by atoms with Gasteiger partial charge in [0.25, 0.3) is 0 Å². The van der Waals surface area contributed by atoms with Crippen LogP contribution in [-0.4, -0.2) is 29.9 Å². The van der Waals surface area contributed by atoms with E-state index >= 15 is 0 Å². The number of methoxy groups -OCH3 is 1. The summed E-state index contributed by atoms with van der Waals surface area (Å²) >= 11 is 0. The van der Waals surface area contributed by atoms with Crippen molar-refractivity contribution in [1.82, 2.24) is 0 Å². The van der Waals surface area contributed by atoms with Crippen molar-refractivity contribution in [1.29, 1.82) is 0 Å². The highest BCUT2D eigenvalue weighted by Gasteiger charge is 2.53.